The summed E-state index contributed by atoms with van der Waals surface area (Å²) in [5.74, 6) is -1.81. The molecule has 0 atom stereocenters. The SMILES string of the molecule is COC(=O)c1ccccc1N(C)C(=O)CS(C)(=O)=O. The molecule has 0 N–H and O–H groups in total. The first-order chi connectivity index (χ1) is 8.76. The number of amides is 1. The average Bonchev–Trinajstić information content (AvgIpc) is 2.35. The molecule has 0 aliphatic heterocycles. The van der Waals surface area contributed by atoms with E-state index in [-0.39, 0.29) is 5.56 Å². The summed E-state index contributed by atoms with van der Waals surface area (Å²) in [6.45, 7) is 0. The van der Waals surface area contributed by atoms with Crippen molar-refractivity contribution >= 4 is 27.4 Å². The highest BCUT2D eigenvalue weighted by atomic mass is 32.2. The van der Waals surface area contributed by atoms with Crippen LogP contribution in [0, 0.1) is 0 Å². The summed E-state index contributed by atoms with van der Waals surface area (Å²) in [4.78, 5) is 24.5. The third-order valence-electron chi connectivity index (χ3n) is 2.43. The molecule has 0 spiro atoms. The van der Waals surface area contributed by atoms with Crippen molar-refractivity contribution in [1.82, 2.24) is 0 Å². The van der Waals surface area contributed by atoms with Gasteiger partial charge in [-0.1, -0.05) is 12.1 Å². The van der Waals surface area contributed by atoms with Gasteiger partial charge in [0.25, 0.3) is 0 Å². The molecule has 7 heteroatoms. The first-order valence-corrected chi connectivity index (χ1v) is 7.44. The Labute approximate surface area is 111 Å². The fourth-order valence-corrected chi connectivity index (χ4v) is 2.15. The second-order valence-electron chi connectivity index (χ2n) is 4.03. The first-order valence-electron chi connectivity index (χ1n) is 5.38. The van der Waals surface area contributed by atoms with Crippen molar-refractivity contribution in [2.45, 2.75) is 0 Å². The standard InChI is InChI=1S/C12H15NO5S/c1-13(11(14)8-19(3,16)17)10-7-5-4-6-9(10)12(15)18-2/h4-7H,8H2,1-3H3. The van der Waals surface area contributed by atoms with Crippen molar-refractivity contribution in [3.63, 3.8) is 0 Å². The maximum Gasteiger partial charge on any atom is 0.339 e. The van der Waals surface area contributed by atoms with E-state index in [2.05, 4.69) is 4.74 Å². The second-order valence-corrected chi connectivity index (χ2v) is 6.17. The highest BCUT2D eigenvalue weighted by molar-refractivity contribution is 7.91. The number of sulfone groups is 1. The number of benzene rings is 1. The molecular formula is C12H15NO5S. The van der Waals surface area contributed by atoms with Gasteiger partial charge in [-0.15, -0.1) is 0 Å². The maximum absolute atomic E-state index is 11.8. The molecule has 1 rings (SSSR count). The van der Waals surface area contributed by atoms with Gasteiger partial charge in [-0.3, -0.25) is 4.79 Å². The van der Waals surface area contributed by atoms with Crippen LogP contribution in [-0.4, -0.2) is 46.5 Å². The molecule has 1 aromatic carbocycles. The zero-order valence-corrected chi connectivity index (χ0v) is 11.7. The Morgan fingerprint density at radius 1 is 1.26 bits per heavy atom. The number of hydrogen-bond acceptors (Lipinski definition) is 5. The highest BCUT2D eigenvalue weighted by Gasteiger charge is 2.21. The molecule has 1 amide bonds. The van der Waals surface area contributed by atoms with Gasteiger partial charge >= 0.3 is 5.97 Å². The van der Waals surface area contributed by atoms with Crippen LogP contribution < -0.4 is 4.90 Å². The van der Waals surface area contributed by atoms with Gasteiger partial charge in [-0.2, -0.15) is 0 Å². The second kappa shape index (κ2) is 5.83. The number of methoxy groups -OCH3 is 1. The minimum Gasteiger partial charge on any atom is -0.465 e. The van der Waals surface area contributed by atoms with E-state index < -0.39 is 27.5 Å². The Morgan fingerprint density at radius 3 is 2.37 bits per heavy atom. The minimum absolute atomic E-state index is 0.203. The molecule has 1 aromatic rings. The monoisotopic (exact) mass is 285 g/mol. The number of carbonyl (C=O) groups excluding carboxylic acids is 2. The predicted octanol–water partition coefficient (Wildman–Crippen LogP) is 0.481. The molecular weight excluding hydrogens is 270 g/mol. The normalized spacial score (nSPS) is 10.9. The minimum atomic E-state index is -3.42. The predicted molar refractivity (Wildman–Crippen MR) is 70.9 cm³/mol. The Hall–Kier alpha value is -1.89. The van der Waals surface area contributed by atoms with Crippen molar-refractivity contribution in [1.29, 1.82) is 0 Å². The number of anilines is 1. The van der Waals surface area contributed by atoms with Crippen LogP contribution in [0.15, 0.2) is 24.3 Å². The van der Waals surface area contributed by atoms with E-state index in [1.54, 1.807) is 18.2 Å². The third kappa shape index (κ3) is 4.06. The van der Waals surface area contributed by atoms with E-state index in [4.69, 9.17) is 0 Å². The molecule has 19 heavy (non-hydrogen) atoms. The van der Waals surface area contributed by atoms with Crippen LogP contribution in [0.2, 0.25) is 0 Å². The fraction of sp³-hybridized carbons (Fsp3) is 0.333. The molecule has 0 fully saturated rings. The van der Waals surface area contributed by atoms with Crippen LogP contribution in [0.5, 0.6) is 0 Å². The van der Waals surface area contributed by atoms with Gasteiger partial charge in [0.1, 0.15) is 5.75 Å². The number of esters is 1. The van der Waals surface area contributed by atoms with Crippen molar-refractivity contribution in [3.8, 4) is 0 Å². The number of nitrogens with zero attached hydrogens (tertiary/aromatic N) is 1. The zero-order chi connectivity index (χ0) is 14.6. The van der Waals surface area contributed by atoms with Crippen LogP contribution >= 0.6 is 0 Å². The molecule has 0 bridgehead atoms. The summed E-state index contributed by atoms with van der Waals surface area (Å²) in [6, 6.07) is 6.33. The average molecular weight is 285 g/mol. The van der Waals surface area contributed by atoms with Gasteiger partial charge in [-0.05, 0) is 12.1 Å². The van der Waals surface area contributed by atoms with E-state index in [9.17, 15) is 18.0 Å². The lowest BCUT2D eigenvalue weighted by Gasteiger charge is -2.19. The maximum atomic E-state index is 11.8. The molecule has 0 aromatic heterocycles. The molecule has 6 nitrogen and oxygen atoms in total. The lowest BCUT2D eigenvalue weighted by atomic mass is 10.1. The quantitative estimate of drug-likeness (QED) is 0.752. The van der Waals surface area contributed by atoms with Gasteiger partial charge < -0.3 is 9.64 Å². The third-order valence-corrected chi connectivity index (χ3v) is 3.20. The summed E-state index contributed by atoms with van der Waals surface area (Å²) in [5, 5.41) is 0. The van der Waals surface area contributed by atoms with Gasteiger partial charge in [0.15, 0.2) is 9.84 Å². The summed E-state index contributed by atoms with van der Waals surface area (Å²) < 4.78 is 26.8. The largest absolute Gasteiger partial charge is 0.465 e. The highest BCUT2D eigenvalue weighted by Crippen LogP contribution is 2.20. The summed E-state index contributed by atoms with van der Waals surface area (Å²) >= 11 is 0. The van der Waals surface area contributed by atoms with E-state index >= 15 is 0 Å². The molecule has 0 heterocycles. The van der Waals surface area contributed by atoms with Crippen LogP contribution in [0.4, 0.5) is 5.69 Å². The zero-order valence-electron chi connectivity index (χ0n) is 10.9. The molecule has 0 aliphatic rings. The number of rotatable bonds is 4. The Balaban J connectivity index is 3.09. The van der Waals surface area contributed by atoms with Crippen LogP contribution in [0.3, 0.4) is 0 Å². The van der Waals surface area contributed by atoms with E-state index in [1.807, 2.05) is 0 Å². The van der Waals surface area contributed by atoms with E-state index in [0.29, 0.717) is 5.69 Å². The van der Waals surface area contributed by atoms with Gasteiger partial charge in [-0.25, -0.2) is 13.2 Å². The molecule has 0 radical (unpaired) electrons. The number of hydrogen-bond donors (Lipinski definition) is 0. The van der Waals surface area contributed by atoms with Gasteiger partial charge in [0.05, 0.1) is 18.4 Å². The van der Waals surface area contributed by atoms with E-state index in [0.717, 1.165) is 11.2 Å². The number of carbonyl (C=O) groups is 2. The number of para-hydroxylation sites is 1. The van der Waals surface area contributed by atoms with Crippen LogP contribution in [0.25, 0.3) is 0 Å². The topological polar surface area (TPSA) is 80.8 Å². The smallest absolute Gasteiger partial charge is 0.339 e. The molecule has 0 saturated heterocycles. The van der Waals surface area contributed by atoms with Crippen molar-refractivity contribution in [2.24, 2.45) is 0 Å². The molecule has 104 valence electrons. The summed E-state index contributed by atoms with van der Waals surface area (Å²) in [6.07, 6.45) is 0.977. The van der Waals surface area contributed by atoms with E-state index in [1.165, 1.54) is 20.2 Å². The Morgan fingerprint density at radius 2 is 1.84 bits per heavy atom. The summed E-state index contributed by atoms with van der Waals surface area (Å²) in [5.41, 5.74) is 0.511. The fourth-order valence-electron chi connectivity index (χ4n) is 1.50. The Bertz CT molecular complexity index is 594. The first kappa shape index (κ1) is 15.2. The van der Waals surface area contributed by atoms with Crippen molar-refractivity contribution in [2.75, 3.05) is 31.1 Å². The van der Waals surface area contributed by atoms with Crippen molar-refractivity contribution in [3.05, 3.63) is 29.8 Å². The van der Waals surface area contributed by atoms with Gasteiger partial charge in [0, 0.05) is 13.3 Å². The van der Waals surface area contributed by atoms with Gasteiger partial charge in [0.2, 0.25) is 5.91 Å². The van der Waals surface area contributed by atoms with Crippen molar-refractivity contribution < 1.29 is 22.7 Å². The molecule has 0 aliphatic carbocycles. The van der Waals surface area contributed by atoms with Crippen LogP contribution in [-0.2, 0) is 19.4 Å². The lowest BCUT2D eigenvalue weighted by Crippen LogP contribution is -2.33. The molecule has 0 unspecified atom stereocenters. The number of ether oxygens (including phenoxy) is 1. The summed E-state index contributed by atoms with van der Waals surface area (Å²) in [7, 11) is -0.777. The lowest BCUT2D eigenvalue weighted by molar-refractivity contribution is -0.115. The molecule has 0 saturated carbocycles. The van der Waals surface area contributed by atoms with Crippen LogP contribution in [0.1, 0.15) is 10.4 Å². The Kier molecular flexibility index (Phi) is 4.66.